The molecule has 24 heavy (non-hydrogen) atoms. The number of aromatic nitrogens is 3. The molecule has 0 fully saturated rings. The Morgan fingerprint density at radius 1 is 1.29 bits per heavy atom. The molecule has 0 bridgehead atoms. The number of carbonyl (C=O) groups is 1. The summed E-state index contributed by atoms with van der Waals surface area (Å²) in [5, 5.41) is 8.28. The third-order valence-corrected chi connectivity index (χ3v) is 4.34. The number of hydrogen-bond acceptors (Lipinski definition) is 3. The van der Waals surface area contributed by atoms with Crippen molar-refractivity contribution in [1.82, 2.24) is 14.3 Å². The SMILES string of the molecule is COCCn1ccc2c(C(=O)Nc3c(C)nn(C)c3C)cccc21. The van der Waals surface area contributed by atoms with Crippen LogP contribution in [0.15, 0.2) is 30.5 Å². The lowest BCUT2D eigenvalue weighted by molar-refractivity contribution is 0.102. The molecule has 0 saturated heterocycles. The standard InChI is InChI=1S/C18H22N4O2/c1-12-17(13(2)21(3)20-12)19-18(23)15-6-5-7-16-14(15)8-9-22(16)10-11-24-4/h5-9H,10-11H2,1-4H3,(H,19,23). The number of ether oxygens (including phenoxy) is 1. The first kappa shape index (κ1) is 16.3. The van der Waals surface area contributed by atoms with Crippen molar-refractivity contribution < 1.29 is 9.53 Å². The normalized spacial score (nSPS) is 11.2. The Bertz CT molecular complexity index is 892. The highest BCUT2D eigenvalue weighted by molar-refractivity contribution is 6.13. The largest absolute Gasteiger partial charge is 0.383 e. The zero-order valence-electron chi connectivity index (χ0n) is 14.5. The van der Waals surface area contributed by atoms with Gasteiger partial charge in [-0.1, -0.05) is 6.07 Å². The van der Waals surface area contributed by atoms with Crippen LogP contribution in [0.25, 0.3) is 10.9 Å². The van der Waals surface area contributed by atoms with Crippen molar-refractivity contribution in [3.05, 3.63) is 47.4 Å². The number of nitrogens with zero attached hydrogens (tertiary/aromatic N) is 3. The number of nitrogens with one attached hydrogen (secondary N) is 1. The van der Waals surface area contributed by atoms with Gasteiger partial charge in [-0.2, -0.15) is 5.10 Å². The predicted molar refractivity (Wildman–Crippen MR) is 94.4 cm³/mol. The number of amides is 1. The molecule has 1 aromatic carbocycles. The molecule has 0 unspecified atom stereocenters. The van der Waals surface area contributed by atoms with Gasteiger partial charge in [0.15, 0.2) is 0 Å². The predicted octanol–water partition coefficient (Wildman–Crippen LogP) is 2.89. The van der Waals surface area contributed by atoms with E-state index in [1.54, 1.807) is 11.8 Å². The van der Waals surface area contributed by atoms with Gasteiger partial charge in [0.25, 0.3) is 5.91 Å². The Hall–Kier alpha value is -2.60. The lowest BCUT2D eigenvalue weighted by atomic mass is 10.1. The van der Waals surface area contributed by atoms with Gasteiger partial charge in [0.05, 0.1) is 23.7 Å². The molecule has 0 saturated carbocycles. The van der Waals surface area contributed by atoms with Crippen LogP contribution in [0, 0.1) is 13.8 Å². The molecule has 0 aliphatic rings. The van der Waals surface area contributed by atoms with E-state index in [0.717, 1.165) is 34.5 Å². The maximum Gasteiger partial charge on any atom is 0.256 e. The first-order valence-electron chi connectivity index (χ1n) is 7.91. The van der Waals surface area contributed by atoms with Crippen molar-refractivity contribution in [2.24, 2.45) is 7.05 Å². The van der Waals surface area contributed by atoms with Gasteiger partial charge in [0.1, 0.15) is 0 Å². The molecule has 1 N–H and O–H groups in total. The van der Waals surface area contributed by atoms with Crippen LogP contribution in [-0.4, -0.2) is 34.0 Å². The summed E-state index contributed by atoms with van der Waals surface area (Å²) in [6, 6.07) is 7.74. The number of fused-ring (bicyclic) bond motifs is 1. The second-order valence-electron chi connectivity index (χ2n) is 5.86. The third-order valence-electron chi connectivity index (χ3n) is 4.34. The molecule has 6 nitrogen and oxygen atoms in total. The zero-order chi connectivity index (χ0) is 17.3. The van der Waals surface area contributed by atoms with Gasteiger partial charge in [0.2, 0.25) is 0 Å². The van der Waals surface area contributed by atoms with Crippen molar-refractivity contribution in [2.45, 2.75) is 20.4 Å². The molecular formula is C18H22N4O2. The molecule has 3 rings (SSSR count). The number of anilines is 1. The smallest absolute Gasteiger partial charge is 0.256 e. The second-order valence-corrected chi connectivity index (χ2v) is 5.86. The van der Waals surface area contributed by atoms with E-state index in [2.05, 4.69) is 15.0 Å². The van der Waals surface area contributed by atoms with E-state index >= 15 is 0 Å². The van der Waals surface area contributed by atoms with Crippen LogP contribution < -0.4 is 5.32 Å². The summed E-state index contributed by atoms with van der Waals surface area (Å²) < 4.78 is 9.00. The molecule has 6 heteroatoms. The maximum atomic E-state index is 12.8. The zero-order valence-corrected chi connectivity index (χ0v) is 14.5. The van der Waals surface area contributed by atoms with Crippen LogP contribution in [0.4, 0.5) is 5.69 Å². The molecule has 126 valence electrons. The first-order chi connectivity index (χ1) is 11.5. The van der Waals surface area contributed by atoms with Gasteiger partial charge in [-0.3, -0.25) is 9.48 Å². The van der Waals surface area contributed by atoms with Crippen LogP contribution in [-0.2, 0) is 18.3 Å². The number of methoxy groups -OCH3 is 1. The fourth-order valence-electron chi connectivity index (χ4n) is 2.94. The first-order valence-corrected chi connectivity index (χ1v) is 7.91. The fraction of sp³-hybridized carbons (Fsp3) is 0.333. The van der Waals surface area contributed by atoms with E-state index < -0.39 is 0 Å². The van der Waals surface area contributed by atoms with E-state index in [1.165, 1.54) is 0 Å². The van der Waals surface area contributed by atoms with Crippen LogP contribution in [0.5, 0.6) is 0 Å². The van der Waals surface area contributed by atoms with Gasteiger partial charge in [-0.05, 0) is 32.0 Å². The number of aryl methyl sites for hydroxylation is 2. The summed E-state index contributed by atoms with van der Waals surface area (Å²) in [6.45, 7) is 5.22. The highest BCUT2D eigenvalue weighted by Crippen LogP contribution is 2.24. The minimum absolute atomic E-state index is 0.121. The molecule has 1 amide bonds. The minimum atomic E-state index is -0.121. The Morgan fingerprint density at radius 2 is 2.08 bits per heavy atom. The Labute approximate surface area is 141 Å². The number of benzene rings is 1. The number of rotatable bonds is 5. The van der Waals surface area contributed by atoms with Gasteiger partial charge in [-0.25, -0.2) is 0 Å². The fourth-order valence-corrected chi connectivity index (χ4v) is 2.94. The molecule has 2 aromatic heterocycles. The van der Waals surface area contributed by atoms with E-state index in [-0.39, 0.29) is 5.91 Å². The molecule has 2 heterocycles. The van der Waals surface area contributed by atoms with Crippen LogP contribution >= 0.6 is 0 Å². The molecule has 0 spiro atoms. The maximum absolute atomic E-state index is 12.8. The Morgan fingerprint density at radius 3 is 2.75 bits per heavy atom. The molecule has 3 aromatic rings. The van der Waals surface area contributed by atoms with Crippen molar-refractivity contribution in [2.75, 3.05) is 19.0 Å². The molecule has 0 atom stereocenters. The lowest BCUT2D eigenvalue weighted by Crippen LogP contribution is -2.13. The van der Waals surface area contributed by atoms with Crippen LogP contribution in [0.1, 0.15) is 21.7 Å². The quantitative estimate of drug-likeness (QED) is 0.784. The highest BCUT2D eigenvalue weighted by Gasteiger charge is 2.16. The lowest BCUT2D eigenvalue weighted by Gasteiger charge is -2.08. The van der Waals surface area contributed by atoms with Crippen LogP contribution in [0.3, 0.4) is 0 Å². The second kappa shape index (κ2) is 6.49. The van der Waals surface area contributed by atoms with Gasteiger partial charge in [0, 0.05) is 43.4 Å². The summed E-state index contributed by atoms with van der Waals surface area (Å²) in [5.74, 6) is -0.121. The van der Waals surface area contributed by atoms with E-state index in [0.29, 0.717) is 12.2 Å². The van der Waals surface area contributed by atoms with E-state index in [1.807, 2.05) is 51.4 Å². The van der Waals surface area contributed by atoms with E-state index in [9.17, 15) is 4.79 Å². The Balaban J connectivity index is 1.94. The topological polar surface area (TPSA) is 61.1 Å². The Kier molecular flexibility index (Phi) is 4.40. The summed E-state index contributed by atoms with van der Waals surface area (Å²) >= 11 is 0. The number of carbonyl (C=O) groups excluding carboxylic acids is 1. The monoisotopic (exact) mass is 326 g/mol. The molecule has 0 radical (unpaired) electrons. The highest BCUT2D eigenvalue weighted by atomic mass is 16.5. The summed E-state index contributed by atoms with van der Waals surface area (Å²) in [6.07, 6.45) is 1.99. The minimum Gasteiger partial charge on any atom is -0.383 e. The van der Waals surface area contributed by atoms with Crippen molar-refractivity contribution in [1.29, 1.82) is 0 Å². The van der Waals surface area contributed by atoms with Gasteiger partial charge in [-0.15, -0.1) is 0 Å². The molecular weight excluding hydrogens is 304 g/mol. The number of hydrogen-bond donors (Lipinski definition) is 1. The third kappa shape index (κ3) is 2.80. The van der Waals surface area contributed by atoms with Gasteiger partial charge < -0.3 is 14.6 Å². The van der Waals surface area contributed by atoms with E-state index in [4.69, 9.17) is 4.74 Å². The van der Waals surface area contributed by atoms with Gasteiger partial charge >= 0.3 is 0 Å². The molecule has 0 aliphatic carbocycles. The van der Waals surface area contributed by atoms with Crippen molar-refractivity contribution in [3.63, 3.8) is 0 Å². The average Bonchev–Trinajstić information content (AvgIpc) is 3.09. The average molecular weight is 326 g/mol. The van der Waals surface area contributed by atoms with Crippen molar-refractivity contribution >= 4 is 22.5 Å². The van der Waals surface area contributed by atoms with Crippen molar-refractivity contribution in [3.8, 4) is 0 Å². The summed E-state index contributed by atoms with van der Waals surface area (Å²) in [7, 11) is 3.55. The summed E-state index contributed by atoms with van der Waals surface area (Å²) in [5.41, 5.74) is 4.21. The summed E-state index contributed by atoms with van der Waals surface area (Å²) in [4.78, 5) is 12.8. The van der Waals surface area contributed by atoms with Crippen LogP contribution in [0.2, 0.25) is 0 Å². The molecule has 0 aliphatic heterocycles.